The van der Waals surface area contributed by atoms with Crippen LogP contribution in [0.2, 0.25) is 0 Å². The van der Waals surface area contributed by atoms with E-state index < -0.39 is 0 Å². The van der Waals surface area contributed by atoms with E-state index in [2.05, 4.69) is 9.97 Å². The van der Waals surface area contributed by atoms with E-state index >= 15 is 0 Å². The third-order valence-corrected chi connectivity index (χ3v) is 4.13. The molecule has 0 saturated carbocycles. The number of rotatable bonds is 3. The van der Waals surface area contributed by atoms with Crippen LogP contribution < -0.4 is 0 Å². The Morgan fingerprint density at radius 3 is 2.33 bits per heavy atom. The number of fused-ring (bicyclic) bond motifs is 1. The number of benzene rings is 1. The van der Waals surface area contributed by atoms with Crippen molar-refractivity contribution < 1.29 is 9.59 Å². The molecule has 0 saturated heterocycles. The summed E-state index contributed by atoms with van der Waals surface area (Å²) in [6.45, 7) is 2.01. The molecule has 0 bridgehead atoms. The molecule has 4 rings (SSSR count). The molecule has 6 nitrogen and oxygen atoms in total. The molecule has 1 aromatic carbocycles. The second-order valence-corrected chi connectivity index (χ2v) is 5.62. The van der Waals surface area contributed by atoms with Crippen molar-refractivity contribution >= 4 is 11.8 Å². The Morgan fingerprint density at radius 1 is 1.00 bits per heavy atom. The molecule has 2 aromatic heterocycles. The van der Waals surface area contributed by atoms with Gasteiger partial charge in [-0.05, 0) is 31.2 Å². The molecule has 0 atom stereocenters. The lowest BCUT2D eigenvalue weighted by Gasteiger charge is -2.17. The van der Waals surface area contributed by atoms with E-state index in [4.69, 9.17) is 0 Å². The van der Waals surface area contributed by atoms with Crippen LogP contribution in [0.5, 0.6) is 0 Å². The summed E-state index contributed by atoms with van der Waals surface area (Å²) in [5.74, 6) is -0.557. The highest BCUT2D eigenvalue weighted by atomic mass is 16.2. The van der Waals surface area contributed by atoms with Gasteiger partial charge in [0.05, 0.1) is 28.8 Å². The molecule has 1 aliphatic rings. The Bertz CT molecular complexity index is 912. The minimum Gasteiger partial charge on any atom is -0.311 e. The summed E-state index contributed by atoms with van der Waals surface area (Å²) in [6, 6.07) is 10.6. The van der Waals surface area contributed by atoms with Gasteiger partial charge in [0.25, 0.3) is 11.8 Å². The van der Waals surface area contributed by atoms with Crippen molar-refractivity contribution in [2.45, 2.75) is 13.6 Å². The number of carbonyl (C=O) groups excluding carboxylic acids is 2. The summed E-state index contributed by atoms with van der Waals surface area (Å²) < 4.78 is 1.80. The molecule has 0 N–H and O–H groups in total. The van der Waals surface area contributed by atoms with E-state index in [1.54, 1.807) is 47.6 Å². The van der Waals surface area contributed by atoms with Gasteiger partial charge in [-0.25, -0.2) is 4.98 Å². The molecular weight excluding hydrogens is 304 g/mol. The Balaban J connectivity index is 1.71. The third-order valence-electron chi connectivity index (χ3n) is 4.13. The second kappa shape index (κ2) is 5.42. The highest BCUT2D eigenvalue weighted by molar-refractivity contribution is 6.21. The molecule has 0 fully saturated rings. The van der Waals surface area contributed by atoms with Crippen molar-refractivity contribution in [1.82, 2.24) is 19.4 Å². The van der Waals surface area contributed by atoms with Crippen molar-refractivity contribution in [2.75, 3.05) is 0 Å². The zero-order valence-electron chi connectivity index (χ0n) is 13.0. The predicted molar refractivity (Wildman–Crippen MR) is 87.1 cm³/mol. The lowest BCUT2D eigenvalue weighted by atomic mass is 10.1. The molecule has 3 aromatic rings. The fourth-order valence-electron chi connectivity index (χ4n) is 2.99. The quantitative estimate of drug-likeness (QED) is 0.696. The topological polar surface area (TPSA) is 68.1 Å². The number of nitrogens with zero attached hydrogens (tertiary/aromatic N) is 4. The van der Waals surface area contributed by atoms with Gasteiger partial charge in [-0.1, -0.05) is 12.1 Å². The lowest BCUT2D eigenvalue weighted by molar-refractivity contribution is 0.0607. The Morgan fingerprint density at radius 2 is 1.71 bits per heavy atom. The zero-order valence-corrected chi connectivity index (χ0v) is 13.0. The van der Waals surface area contributed by atoms with Crippen molar-refractivity contribution in [3.8, 4) is 11.3 Å². The molecule has 1 aliphatic heterocycles. The van der Waals surface area contributed by atoms with Crippen LogP contribution in [-0.2, 0) is 6.67 Å². The Hall–Kier alpha value is -3.28. The number of aromatic nitrogens is 3. The van der Waals surface area contributed by atoms with Crippen molar-refractivity contribution in [3.63, 3.8) is 0 Å². The van der Waals surface area contributed by atoms with Crippen LogP contribution in [0.25, 0.3) is 11.3 Å². The monoisotopic (exact) mass is 318 g/mol. The van der Waals surface area contributed by atoms with E-state index in [1.165, 1.54) is 4.90 Å². The van der Waals surface area contributed by atoms with Gasteiger partial charge in [0, 0.05) is 18.0 Å². The summed E-state index contributed by atoms with van der Waals surface area (Å²) in [4.78, 5) is 34.7. The SMILES string of the molecule is Cc1ncn(CN2C(=O)c3ccccc3C2=O)c1-c1cccnc1. The molecule has 0 unspecified atom stereocenters. The molecule has 2 amide bonds. The minimum atomic E-state index is -0.279. The molecule has 0 radical (unpaired) electrons. The first-order valence-corrected chi connectivity index (χ1v) is 7.54. The number of hydrogen-bond donors (Lipinski definition) is 0. The third kappa shape index (κ3) is 2.11. The van der Waals surface area contributed by atoms with Gasteiger partial charge in [0.2, 0.25) is 0 Å². The van der Waals surface area contributed by atoms with Crippen LogP contribution in [0.3, 0.4) is 0 Å². The highest BCUT2D eigenvalue weighted by Crippen LogP contribution is 2.26. The van der Waals surface area contributed by atoms with Crippen LogP contribution in [-0.4, -0.2) is 31.2 Å². The Labute approximate surface area is 138 Å². The van der Waals surface area contributed by atoms with E-state index in [0.717, 1.165) is 17.0 Å². The first-order valence-electron chi connectivity index (χ1n) is 7.54. The summed E-state index contributed by atoms with van der Waals surface area (Å²) in [7, 11) is 0. The van der Waals surface area contributed by atoms with Crippen LogP contribution >= 0.6 is 0 Å². The van der Waals surface area contributed by atoms with E-state index in [1.807, 2.05) is 19.1 Å². The molecule has 0 spiro atoms. The van der Waals surface area contributed by atoms with Gasteiger partial charge < -0.3 is 4.57 Å². The number of carbonyl (C=O) groups is 2. The average Bonchev–Trinajstić information content (AvgIpc) is 3.09. The standard InChI is InChI=1S/C18H14N4O2/c1-12-16(13-5-4-8-19-9-13)21(10-20-12)11-22-17(23)14-6-2-3-7-15(14)18(22)24/h2-10H,11H2,1H3. The molecular formula is C18H14N4O2. The normalized spacial score (nSPS) is 13.5. The maximum atomic E-state index is 12.5. The second-order valence-electron chi connectivity index (χ2n) is 5.62. The summed E-state index contributed by atoms with van der Waals surface area (Å²) in [5.41, 5.74) is 3.45. The molecule has 0 aliphatic carbocycles. The smallest absolute Gasteiger partial charge is 0.263 e. The van der Waals surface area contributed by atoms with Gasteiger partial charge in [0.1, 0.15) is 6.67 Å². The number of hydrogen-bond acceptors (Lipinski definition) is 4. The largest absolute Gasteiger partial charge is 0.311 e. The van der Waals surface area contributed by atoms with Crippen molar-refractivity contribution in [3.05, 3.63) is 71.9 Å². The van der Waals surface area contributed by atoms with Crippen molar-refractivity contribution in [2.24, 2.45) is 0 Å². The molecule has 6 heteroatoms. The maximum absolute atomic E-state index is 12.5. The van der Waals surface area contributed by atoms with Crippen LogP contribution in [0.1, 0.15) is 26.4 Å². The van der Waals surface area contributed by atoms with Crippen LogP contribution in [0.4, 0.5) is 0 Å². The van der Waals surface area contributed by atoms with Gasteiger partial charge >= 0.3 is 0 Å². The Kier molecular flexibility index (Phi) is 3.23. The van der Waals surface area contributed by atoms with Gasteiger partial charge in [-0.15, -0.1) is 0 Å². The van der Waals surface area contributed by atoms with E-state index in [9.17, 15) is 9.59 Å². The first kappa shape index (κ1) is 14.3. The van der Waals surface area contributed by atoms with Crippen LogP contribution in [0.15, 0.2) is 55.1 Å². The predicted octanol–water partition coefficient (Wildman–Crippen LogP) is 2.51. The minimum absolute atomic E-state index is 0.122. The van der Waals surface area contributed by atoms with Gasteiger partial charge in [0.15, 0.2) is 0 Å². The molecule has 3 heterocycles. The van der Waals surface area contributed by atoms with Crippen LogP contribution in [0, 0.1) is 6.92 Å². The summed E-state index contributed by atoms with van der Waals surface area (Å²) >= 11 is 0. The van der Waals surface area contributed by atoms with Crippen molar-refractivity contribution in [1.29, 1.82) is 0 Å². The molecule has 24 heavy (non-hydrogen) atoms. The highest BCUT2D eigenvalue weighted by Gasteiger charge is 2.35. The number of imidazole rings is 1. The maximum Gasteiger partial charge on any atom is 0.263 e. The van der Waals surface area contributed by atoms with Gasteiger partial charge in [-0.3, -0.25) is 19.5 Å². The average molecular weight is 318 g/mol. The van der Waals surface area contributed by atoms with E-state index in [0.29, 0.717) is 11.1 Å². The number of imide groups is 1. The fourth-order valence-corrected chi connectivity index (χ4v) is 2.99. The zero-order chi connectivity index (χ0) is 16.7. The van der Waals surface area contributed by atoms with E-state index in [-0.39, 0.29) is 18.5 Å². The summed E-state index contributed by atoms with van der Waals surface area (Å²) in [5, 5.41) is 0. The molecule has 118 valence electrons. The lowest BCUT2D eigenvalue weighted by Crippen LogP contribution is -2.32. The number of amides is 2. The van der Waals surface area contributed by atoms with Gasteiger partial charge in [-0.2, -0.15) is 0 Å². The number of aryl methyl sites for hydroxylation is 1. The summed E-state index contributed by atoms with van der Waals surface area (Å²) in [6.07, 6.45) is 5.08. The first-order chi connectivity index (χ1) is 11.7. The fraction of sp³-hybridized carbons (Fsp3) is 0.111. The number of pyridine rings is 1.